The highest BCUT2D eigenvalue weighted by molar-refractivity contribution is 6.31. The van der Waals surface area contributed by atoms with Crippen LogP contribution in [-0.2, 0) is 16.1 Å². The van der Waals surface area contributed by atoms with E-state index in [2.05, 4.69) is 25.2 Å². The third kappa shape index (κ3) is 3.12. The molecular formula is C22H28ClNO3. The lowest BCUT2D eigenvalue weighted by atomic mass is 9.55. The van der Waals surface area contributed by atoms with Crippen LogP contribution in [0.2, 0.25) is 5.02 Å². The lowest BCUT2D eigenvalue weighted by Gasteiger charge is -2.51. The largest absolute Gasteiger partial charge is 0.461 e. The molecule has 0 bridgehead atoms. The second-order valence-corrected chi connectivity index (χ2v) is 8.93. The van der Waals surface area contributed by atoms with Crippen LogP contribution in [-0.4, -0.2) is 29.8 Å². The fourth-order valence-electron chi connectivity index (χ4n) is 5.30. The van der Waals surface area contributed by atoms with Crippen molar-refractivity contribution in [1.82, 2.24) is 5.32 Å². The van der Waals surface area contributed by atoms with E-state index in [1.165, 1.54) is 5.57 Å². The van der Waals surface area contributed by atoms with Gasteiger partial charge in [-0.15, -0.1) is 0 Å². The fourth-order valence-corrected chi connectivity index (χ4v) is 5.50. The summed E-state index contributed by atoms with van der Waals surface area (Å²) in [5, 5.41) is 15.4. The summed E-state index contributed by atoms with van der Waals surface area (Å²) >= 11 is 6.21. The van der Waals surface area contributed by atoms with Crippen molar-refractivity contribution in [1.29, 1.82) is 0 Å². The SMILES string of the molecule is C[C@H]1CCC=C2C[C@H]3OC(=O)[C@@H](CNCc4ccccc4Cl)[C@H]3[C@@H](O)[C@@]21C. The van der Waals surface area contributed by atoms with E-state index in [0.29, 0.717) is 24.0 Å². The maximum atomic E-state index is 12.6. The van der Waals surface area contributed by atoms with Crippen LogP contribution in [0.25, 0.3) is 0 Å². The van der Waals surface area contributed by atoms with Crippen molar-refractivity contribution >= 4 is 17.6 Å². The number of hydrogen-bond acceptors (Lipinski definition) is 4. The first-order valence-electron chi connectivity index (χ1n) is 9.95. The molecule has 3 aliphatic rings. The van der Waals surface area contributed by atoms with Gasteiger partial charge in [0.1, 0.15) is 6.10 Å². The van der Waals surface area contributed by atoms with E-state index in [4.69, 9.17) is 16.3 Å². The predicted octanol–water partition coefficient (Wildman–Crippen LogP) is 3.71. The Labute approximate surface area is 165 Å². The van der Waals surface area contributed by atoms with E-state index in [0.717, 1.165) is 24.8 Å². The normalized spacial score (nSPS) is 38.0. The molecule has 1 heterocycles. The first kappa shape index (κ1) is 19.0. The number of allylic oxidation sites excluding steroid dienone is 1. The van der Waals surface area contributed by atoms with Crippen molar-refractivity contribution in [3.8, 4) is 0 Å². The van der Waals surface area contributed by atoms with Gasteiger partial charge in [0.2, 0.25) is 0 Å². The van der Waals surface area contributed by atoms with Crippen molar-refractivity contribution in [2.24, 2.45) is 23.2 Å². The van der Waals surface area contributed by atoms with Gasteiger partial charge in [-0.05, 0) is 30.4 Å². The standard InChI is InChI=1S/C22H28ClNO3/c1-13-6-5-8-15-10-18-19(20(25)22(13,15)2)16(21(26)27-18)12-24-11-14-7-3-4-9-17(14)23/h3-4,7-9,13,16,18-20,24-25H,5-6,10-12H2,1-2H3/t13-,16-,18+,19+,20+,22+/m0/s1. The Morgan fingerprint density at radius 3 is 2.93 bits per heavy atom. The molecule has 1 saturated heterocycles. The molecule has 4 rings (SSSR count). The van der Waals surface area contributed by atoms with Crippen LogP contribution in [0.15, 0.2) is 35.9 Å². The molecule has 1 saturated carbocycles. The number of carbonyl (C=O) groups excluding carboxylic acids is 1. The van der Waals surface area contributed by atoms with Crippen molar-refractivity contribution in [2.45, 2.75) is 51.9 Å². The summed E-state index contributed by atoms with van der Waals surface area (Å²) in [5.74, 6) is -0.258. The number of halogens is 1. The van der Waals surface area contributed by atoms with Gasteiger partial charge in [-0.3, -0.25) is 4.79 Å². The Morgan fingerprint density at radius 1 is 1.37 bits per heavy atom. The number of ether oxygens (including phenoxy) is 1. The fraction of sp³-hybridized carbons (Fsp3) is 0.591. The monoisotopic (exact) mass is 389 g/mol. The number of fused-ring (bicyclic) bond motifs is 2. The minimum absolute atomic E-state index is 0.154. The molecule has 0 aromatic heterocycles. The van der Waals surface area contributed by atoms with Crippen LogP contribution < -0.4 is 5.32 Å². The molecule has 2 N–H and O–H groups in total. The number of rotatable bonds is 4. The molecule has 0 unspecified atom stereocenters. The van der Waals surface area contributed by atoms with E-state index in [1.54, 1.807) is 0 Å². The highest BCUT2D eigenvalue weighted by atomic mass is 35.5. The Hall–Kier alpha value is -1.36. The second kappa shape index (κ2) is 7.23. The molecule has 2 fully saturated rings. The van der Waals surface area contributed by atoms with Gasteiger partial charge in [-0.2, -0.15) is 0 Å². The maximum absolute atomic E-state index is 12.6. The van der Waals surface area contributed by atoms with Gasteiger partial charge in [0, 0.05) is 35.9 Å². The van der Waals surface area contributed by atoms with E-state index >= 15 is 0 Å². The number of aliphatic hydroxyl groups excluding tert-OH is 1. The summed E-state index contributed by atoms with van der Waals surface area (Å²) in [7, 11) is 0. The van der Waals surface area contributed by atoms with Crippen molar-refractivity contribution in [3.05, 3.63) is 46.5 Å². The molecule has 0 amide bonds. The molecule has 6 atom stereocenters. The number of carbonyl (C=O) groups is 1. The average Bonchev–Trinajstić information content (AvgIpc) is 2.95. The molecule has 146 valence electrons. The molecule has 27 heavy (non-hydrogen) atoms. The third-order valence-corrected chi connectivity index (χ3v) is 7.58. The van der Waals surface area contributed by atoms with Crippen LogP contribution in [0.5, 0.6) is 0 Å². The summed E-state index contributed by atoms with van der Waals surface area (Å²) in [4.78, 5) is 12.6. The smallest absolute Gasteiger partial charge is 0.311 e. The zero-order chi connectivity index (χ0) is 19.2. The quantitative estimate of drug-likeness (QED) is 0.608. The number of aliphatic hydroxyl groups is 1. The minimum Gasteiger partial charge on any atom is -0.461 e. The highest BCUT2D eigenvalue weighted by Crippen LogP contribution is 2.55. The molecule has 4 nitrogen and oxygen atoms in total. The van der Waals surface area contributed by atoms with E-state index < -0.39 is 6.10 Å². The number of benzene rings is 1. The number of esters is 1. The molecule has 5 heteroatoms. The molecule has 1 aliphatic heterocycles. The van der Waals surface area contributed by atoms with Gasteiger partial charge < -0.3 is 15.2 Å². The minimum atomic E-state index is -0.559. The van der Waals surface area contributed by atoms with Gasteiger partial charge in [0.05, 0.1) is 12.0 Å². The summed E-state index contributed by atoms with van der Waals surface area (Å²) in [6.07, 6.45) is 4.39. The first-order valence-corrected chi connectivity index (χ1v) is 10.3. The molecule has 0 spiro atoms. The molecular weight excluding hydrogens is 362 g/mol. The van der Waals surface area contributed by atoms with Crippen molar-refractivity contribution in [3.63, 3.8) is 0 Å². The summed E-state index contributed by atoms with van der Waals surface area (Å²) in [5.41, 5.74) is 2.02. The lowest BCUT2D eigenvalue weighted by Crippen LogP contribution is -2.54. The summed E-state index contributed by atoms with van der Waals surface area (Å²) in [6, 6.07) is 7.69. The van der Waals surface area contributed by atoms with Crippen LogP contribution in [0, 0.1) is 23.2 Å². The Bertz CT molecular complexity index is 764. The van der Waals surface area contributed by atoms with Crippen LogP contribution >= 0.6 is 11.6 Å². The van der Waals surface area contributed by atoms with E-state index in [1.807, 2.05) is 24.3 Å². The van der Waals surface area contributed by atoms with Gasteiger partial charge in [-0.25, -0.2) is 0 Å². The third-order valence-electron chi connectivity index (χ3n) is 7.21. The van der Waals surface area contributed by atoms with Crippen molar-refractivity contribution < 1.29 is 14.6 Å². The average molecular weight is 390 g/mol. The van der Waals surface area contributed by atoms with Crippen LogP contribution in [0.3, 0.4) is 0 Å². The summed E-state index contributed by atoms with van der Waals surface area (Å²) < 4.78 is 5.70. The van der Waals surface area contributed by atoms with E-state index in [-0.39, 0.29) is 29.3 Å². The topological polar surface area (TPSA) is 58.6 Å². The number of hydrogen-bond donors (Lipinski definition) is 2. The van der Waals surface area contributed by atoms with E-state index in [9.17, 15) is 9.90 Å². The highest BCUT2D eigenvalue weighted by Gasteiger charge is 2.59. The molecule has 0 radical (unpaired) electrons. The van der Waals surface area contributed by atoms with Gasteiger partial charge in [-0.1, -0.05) is 55.3 Å². The van der Waals surface area contributed by atoms with Crippen molar-refractivity contribution in [2.75, 3.05) is 6.54 Å². The van der Waals surface area contributed by atoms with Gasteiger partial charge in [0.15, 0.2) is 0 Å². The Balaban J connectivity index is 1.50. The maximum Gasteiger partial charge on any atom is 0.311 e. The van der Waals surface area contributed by atoms with Crippen LogP contribution in [0.4, 0.5) is 0 Å². The predicted molar refractivity (Wildman–Crippen MR) is 105 cm³/mol. The van der Waals surface area contributed by atoms with Crippen LogP contribution in [0.1, 0.15) is 38.7 Å². The lowest BCUT2D eigenvalue weighted by molar-refractivity contribution is -0.144. The molecule has 2 aliphatic carbocycles. The van der Waals surface area contributed by atoms with Gasteiger partial charge >= 0.3 is 5.97 Å². The zero-order valence-electron chi connectivity index (χ0n) is 16.0. The first-order chi connectivity index (χ1) is 12.9. The zero-order valence-corrected chi connectivity index (χ0v) is 16.7. The Morgan fingerprint density at radius 2 is 2.15 bits per heavy atom. The second-order valence-electron chi connectivity index (χ2n) is 8.52. The number of nitrogens with one attached hydrogen (secondary N) is 1. The Kier molecular flexibility index (Phi) is 5.08. The summed E-state index contributed by atoms with van der Waals surface area (Å²) in [6.45, 7) is 5.47. The molecule has 1 aromatic carbocycles. The molecule has 1 aromatic rings. The van der Waals surface area contributed by atoms with Gasteiger partial charge in [0.25, 0.3) is 0 Å².